The highest BCUT2D eigenvalue weighted by atomic mass is 35.5. The summed E-state index contributed by atoms with van der Waals surface area (Å²) in [6.07, 6.45) is 2.27. The molecule has 0 saturated carbocycles. The van der Waals surface area contributed by atoms with E-state index in [9.17, 15) is 0 Å². The number of benzene rings is 1. The van der Waals surface area contributed by atoms with Crippen molar-refractivity contribution in [3.8, 4) is 11.6 Å². The van der Waals surface area contributed by atoms with Crippen molar-refractivity contribution in [3.05, 3.63) is 41.2 Å². The van der Waals surface area contributed by atoms with Crippen molar-refractivity contribution in [2.75, 3.05) is 12.4 Å². The molecule has 1 aromatic heterocycles. The topological polar surface area (TPSA) is 47.0 Å². The van der Waals surface area contributed by atoms with E-state index in [4.69, 9.17) is 16.3 Å². The Kier molecular flexibility index (Phi) is 3.99. The minimum Gasteiger partial charge on any atom is -0.439 e. The summed E-state index contributed by atoms with van der Waals surface area (Å²) in [7, 11) is 1.83. The van der Waals surface area contributed by atoms with Gasteiger partial charge in [-0.05, 0) is 30.7 Å². The van der Waals surface area contributed by atoms with E-state index in [1.807, 2.05) is 26.1 Å². The SMILES string of the molecule is CCc1c(NC)ncnc1Oc1ccc(Cl)cc1. The number of ether oxygens (including phenoxy) is 1. The van der Waals surface area contributed by atoms with Gasteiger partial charge in [0.15, 0.2) is 0 Å². The van der Waals surface area contributed by atoms with Crippen molar-refractivity contribution in [3.63, 3.8) is 0 Å². The largest absolute Gasteiger partial charge is 0.439 e. The van der Waals surface area contributed by atoms with Gasteiger partial charge in [-0.25, -0.2) is 9.97 Å². The Morgan fingerprint density at radius 2 is 1.94 bits per heavy atom. The van der Waals surface area contributed by atoms with Crippen molar-refractivity contribution in [2.45, 2.75) is 13.3 Å². The van der Waals surface area contributed by atoms with Gasteiger partial charge in [-0.2, -0.15) is 0 Å². The van der Waals surface area contributed by atoms with Crippen LogP contribution in [0.1, 0.15) is 12.5 Å². The maximum absolute atomic E-state index is 5.83. The molecule has 2 aromatic rings. The van der Waals surface area contributed by atoms with Crippen molar-refractivity contribution in [2.24, 2.45) is 0 Å². The van der Waals surface area contributed by atoms with Gasteiger partial charge in [-0.3, -0.25) is 0 Å². The summed E-state index contributed by atoms with van der Waals surface area (Å²) < 4.78 is 5.75. The lowest BCUT2D eigenvalue weighted by molar-refractivity contribution is 0.455. The highest BCUT2D eigenvalue weighted by Crippen LogP contribution is 2.27. The summed E-state index contributed by atoms with van der Waals surface area (Å²) >= 11 is 5.83. The van der Waals surface area contributed by atoms with E-state index in [1.54, 1.807) is 12.1 Å². The molecule has 0 fully saturated rings. The fourth-order valence-electron chi connectivity index (χ4n) is 1.63. The minimum absolute atomic E-state index is 0.569. The lowest BCUT2D eigenvalue weighted by atomic mass is 10.2. The average Bonchev–Trinajstić information content (AvgIpc) is 2.41. The van der Waals surface area contributed by atoms with Crippen LogP contribution < -0.4 is 10.1 Å². The molecule has 94 valence electrons. The van der Waals surface area contributed by atoms with Crippen molar-refractivity contribution < 1.29 is 4.74 Å². The second-order valence-corrected chi connectivity index (χ2v) is 4.10. The second kappa shape index (κ2) is 5.69. The first-order chi connectivity index (χ1) is 8.74. The minimum atomic E-state index is 0.569. The van der Waals surface area contributed by atoms with Gasteiger partial charge in [0.1, 0.15) is 17.9 Å². The second-order valence-electron chi connectivity index (χ2n) is 3.67. The predicted octanol–water partition coefficient (Wildman–Crippen LogP) is 3.53. The first-order valence-corrected chi connectivity index (χ1v) is 6.07. The Morgan fingerprint density at radius 1 is 1.22 bits per heavy atom. The third kappa shape index (κ3) is 2.71. The number of nitrogens with zero attached hydrogens (tertiary/aromatic N) is 2. The molecule has 0 saturated heterocycles. The quantitative estimate of drug-likeness (QED) is 0.917. The highest BCUT2D eigenvalue weighted by molar-refractivity contribution is 6.30. The van der Waals surface area contributed by atoms with Gasteiger partial charge in [0.25, 0.3) is 0 Å². The lowest BCUT2D eigenvalue weighted by Gasteiger charge is -2.11. The first-order valence-electron chi connectivity index (χ1n) is 5.69. The number of aromatic nitrogens is 2. The summed E-state index contributed by atoms with van der Waals surface area (Å²) in [5, 5.41) is 3.71. The molecule has 0 unspecified atom stereocenters. The number of nitrogens with one attached hydrogen (secondary N) is 1. The van der Waals surface area contributed by atoms with Crippen LogP contribution in [0.4, 0.5) is 5.82 Å². The molecule has 0 bridgehead atoms. The molecule has 0 spiro atoms. The molecule has 1 aromatic carbocycles. The number of anilines is 1. The Balaban J connectivity index is 2.31. The van der Waals surface area contributed by atoms with E-state index in [2.05, 4.69) is 15.3 Å². The van der Waals surface area contributed by atoms with E-state index >= 15 is 0 Å². The molecule has 1 N–H and O–H groups in total. The van der Waals surface area contributed by atoms with E-state index in [1.165, 1.54) is 6.33 Å². The molecule has 5 heteroatoms. The van der Waals surface area contributed by atoms with E-state index < -0.39 is 0 Å². The molecule has 18 heavy (non-hydrogen) atoms. The molecule has 0 aliphatic heterocycles. The highest BCUT2D eigenvalue weighted by Gasteiger charge is 2.10. The maximum atomic E-state index is 5.83. The Bertz CT molecular complexity index is 528. The summed E-state index contributed by atoms with van der Waals surface area (Å²) in [6.45, 7) is 2.04. The Labute approximate surface area is 111 Å². The maximum Gasteiger partial charge on any atom is 0.227 e. The van der Waals surface area contributed by atoms with Crippen LogP contribution in [0.25, 0.3) is 0 Å². The van der Waals surface area contributed by atoms with E-state index in [0.29, 0.717) is 16.7 Å². The summed E-state index contributed by atoms with van der Waals surface area (Å²) in [5.41, 5.74) is 0.954. The molecule has 0 aliphatic carbocycles. The molecule has 4 nitrogen and oxygen atoms in total. The monoisotopic (exact) mass is 263 g/mol. The fraction of sp³-hybridized carbons (Fsp3) is 0.231. The van der Waals surface area contributed by atoms with Gasteiger partial charge >= 0.3 is 0 Å². The molecule has 2 rings (SSSR count). The van der Waals surface area contributed by atoms with Crippen molar-refractivity contribution in [1.29, 1.82) is 0 Å². The van der Waals surface area contributed by atoms with Crippen LogP contribution in [-0.2, 0) is 6.42 Å². The Hall–Kier alpha value is -1.81. The van der Waals surface area contributed by atoms with Crippen LogP contribution in [-0.4, -0.2) is 17.0 Å². The molecule has 0 amide bonds. The smallest absolute Gasteiger partial charge is 0.227 e. The van der Waals surface area contributed by atoms with Crippen LogP contribution in [0.15, 0.2) is 30.6 Å². The Morgan fingerprint density at radius 3 is 2.56 bits per heavy atom. The van der Waals surface area contributed by atoms with Crippen LogP contribution in [0.2, 0.25) is 5.02 Å². The predicted molar refractivity (Wildman–Crippen MR) is 72.5 cm³/mol. The average molecular weight is 264 g/mol. The summed E-state index contributed by atoms with van der Waals surface area (Å²) in [6, 6.07) is 7.18. The fourth-order valence-corrected chi connectivity index (χ4v) is 1.76. The van der Waals surface area contributed by atoms with Crippen LogP contribution in [0.5, 0.6) is 11.6 Å². The zero-order valence-corrected chi connectivity index (χ0v) is 11.0. The first kappa shape index (κ1) is 12.6. The van der Waals surface area contributed by atoms with Gasteiger partial charge < -0.3 is 10.1 Å². The van der Waals surface area contributed by atoms with Gasteiger partial charge in [-0.1, -0.05) is 18.5 Å². The zero-order chi connectivity index (χ0) is 13.0. The third-order valence-corrected chi connectivity index (χ3v) is 2.78. The standard InChI is InChI=1S/C13H14ClN3O/c1-3-11-12(15-2)16-8-17-13(11)18-10-6-4-9(14)5-7-10/h4-8H,3H2,1-2H3,(H,15,16,17). The zero-order valence-electron chi connectivity index (χ0n) is 10.3. The van der Waals surface area contributed by atoms with E-state index in [0.717, 1.165) is 17.8 Å². The lowest BCUT2D eigenvalue weighted by Crippen LogP contribution is -2.02. The van der Waals surface area contributed by atoms with Gasteiger partial charge in [0.05, 0.1) is 5.56 Å². The van der Waals surface area contributed by atoms with Crippen LogP contribution in [0.3, 0.4) is 0 Å². The molecule has 1 heterocycles. The number of rotatable bonds is 4. The molecule has 0 radical (unpaired) electrons. The number of hydrogen-bond acceptors (Lipinski definition) is 4. The van der Waals surface area contributed by atoms with Crippen molar-refractivity contribution in [1.82, 2.24) is 9.97 Å². The molecule has 0 aliphatic rings. The number of hydrogen-bond donors (Lipinski definition) is 1. The summed E-state index contributed by atoms with van der Waals surface area (Å²) in [5.74, 6) is 2.06. The molecular weight excluding hydrogens is 250 g/mol. The van der Waals surface area contributed by atoms with E-state index in [-0.39, 0.29) is 0 Å². The summed E-state index contributed by atoms with van der Waals surface area (Å²) in [4.78, 5) is 8.33. The normalized spacial score (nSPS) is 10.2. The molecule has 0 atom stereocenters. The number of halogens is 1. The van der Waals surface area contributed by atoms with Crippen molar-refractivity contribution >= 4 is 17.4 Å². The van der Waals surface area contributed by atoms with Crippen LogP contribution in [0, 0.1) is 0 Å². The van der Waals surface area contributed by atoms with Gasteiger partial charge in [0.2, 0.25) is 5.88 Å². The van der Waals surface area contributed by atoms with Crippen LogP contribution >= 0.6 is 11.6 Å². The third-order valence-electron chi connectivity index (χ3n) is 2.52. The van der Waals surface area contributed by atoms with Gasteiger partial charge in [0, 0.05) is 12.1 Å². The molecular formula is C13H14ClN3O. The van der Waals surface area contributed by atoms with Gasteiger partial charge in [-0.15, -0.1) is 0 Å².